The van der Waals surface area contributed by atoms with Crippen LogP contribution in [0.2, 0.25) is 0 Å². The minimum atomic E-state index is -3.42. The summed E-state index contributed by atoms with van der Waals surface area (Å²) in [5.74, 6) is 0.0162. The molecule has 1 N–H and O–H groups in total. The Labute approximate surface area is 107 Å². The molecule has 0 radical (unpaired) electrons. The minimum absolute atomic E-state index is 0.0162. The van der Waals surface area contributed by atoms with Crippen LogP contribution in [0.3, 0.4) is 0 Å². The molecule has 0 spiro atoms. The molecule has 1 heterocycles. The van der Waals surface area contributed by atoms with Crippen LogP contribution in [0.4, 0.5) is 0 Å². The lowest BCUT2D eigenvalue weighted by Crippen LogP contribution is -2.34. The summed E-state index contributed by atoms with van der Waals surface area (Å²) in [6.07, 6.45) is 0.773. The van der Waals surface area contributed by atoms with E-state index in [1.54, 1.807) is 17.0 Å². The molecule has 0 atom stereocenters. The highest BCUT2D eigenvalue weighted by Crippen LogP contribution is 2.22. The first-order chi connectivity index (χ1) is 8.44. The van der Waals surface area contributed by atoms with Gasteiger partial charge in [0.05, 0.1) is 4.90 Å². The maximum atomic E-state index is 11.7. The van der Waals surface area contributed by atoms with Gasteiger partial charge < -0.3 is 4.90 Å². The van der Waals surface area contributed by atoms with Gasteiger partial charge in [-0.3, -0.25) is 4.79 Å². The van der Waals surface area contributed by atoms with Crippen molar-refractivity contribution < 1.29 is 13.2 Å². The molecule has 1 aromatic rings. The average Bonchev–Trinajstić information content (AvgIpc) is 2.37. The summed E-state index contributed by atoms with van der Waals surface area (Å²) in [6.45, 7) is 2.71. The number of sulfonamides is 1. The molecule has 1 aliphatic rings. The fourth-order valence-corrected chi connectivity index (χ4v) is 2.87. The second-order valence-corrected chi connectivity index (χ2v) is 6.22. The Kier molecular flexibility index (Phi) is 3.41. The zero-order valence-electron chi connectivity index (χ0n) is 10.4. The van der Waals surface area contributed by atoms with Crippen molar-refractivity contribution in [1.29, 1.82) is 0 Å². The van der Waals surface area contributed by atoms with Crippen LogP contribution in [-0.4, -0.2) is 32.8 Å². The van der Waals surface area contributed by atoms with Crippen LogP contribution in [0.15, 0.2) is 23.1 Å². The largest absolute Gasteiger partial charge is 0.338 e. The molecule has 1 aliphatic heterocycles. The summed E-state index contributed by atoms with van der Waals surface area (Å²) in [5, 5.41) is 0. The van der Waals surface area contributed by atoms with Gasteiger partial charge in [-0.05, 0) is 36.7 Å². The van der Waals surface area contributed by atoms with Crippen LogP contribution < -0.4 is 4.72 Å². The van der Waals surface area contributed by atoms with Gasteiger partial charge in [-0.1, -0.05) is 6.07 Å². The van der Waals surface area contributed by atoms with Gasteiger partial charge in [0.2, 0.25) is 15.9 Å². The summed E-state index contributed by atoms with van der Waals surface area (Å²) in [6, 6.07) is 5.08. The summed E-state index contributed by atoms with van der Waals surface area (Å²) >= 11 is 0. The van der Waals surface area contributed by atoms with Gasteiger partial charge in [-0.15, -0.1) is 0 Å². The SMILES string of the molecule is CNS(=O)(=O)c1ccc2c(c1)CN(C(C)=O)CC2. The highest BCUT2D eigenvalue weighted by molar-refractivity contribution is 7.89. The van der Waals surface area contributed by atoms with Crippen molar-refractivity contribution >= 4 is 15.9 Å². The number of benzene rings is 1. The van der Waals surface area contributed by atoms with Crippen LogP contribution >= 0.6 is 0 Å². The minimum Gasteiger partial charge on any atom is -0.338 e. The topological polar surface area (TPSA) is 66.5 Å². The first kappa shape index (κ1) is 13.0. The van der Waals surface area contributed by atoms with Crippen molar-refractivity contribution in [3.05, 3.63) is 29.3 Å². The molecule has 0 unspecified atom stereocenters. The Bertz CT molecular complexity index is 581. The quantitative estimate of drug-likeness (QED) is 0.849. The number of amides is 1. The number of carbonyl (C=O) groups is 1. The molecule has 1 amide bonds. The fourth-order valence-electron chi connectivity index (χ4n) is 2.09. The standard InChI is InChI=1S/C12H16N2O3S/c1-9(15)14-6-5-10-3-4-12(7-11(10)8-14)18(16,17)13-2/h3-4,7,13H,5-6,8H2,1-2H3. The maximum Gasteiger partial charge on any atom is 0.240 e. The van der Waals surface area contributed by atoms with E-state index < -0.39 is 10.0 Å². The number of hydrogen-bond donors (Lipinski definition) is 1. The molecule has 0 aliphatic carbocycles. The molecule has 1 aromatic carbocycles. The van der Waals surface area contributed by atoms with E-state index >= 15 is 0 Å². The molecule has 2 rings (SSSR count). The van der Waals surface area contributed by atoms with Crippen LogP contribution in [0.25, 0.3) is 0 Å². The fraction of sp³-hybridized carbons (Fsp3) is 0.417. The van der Waals surface area contributed by atoms with Gasteiger partial charge in [0.1, 0.15) is 0 Å². The second kappa shape index (κ2) is 4.70. The normalized spacial score (nSPS) is 15.3. The highest BCUT2D eigenvalue weighted by atomic mass is 32.2. The van der Waals surface area contributed by atoms with Gasteiger partial charge >= 0.3 is 0 Å². The average molecular weight is 268 g/mol. The predicted molar refractivity (Wildman–Crippen MR) is 67.5 cm³/mol. The predicted octanol–water partition coefficient (Wildman–Crippen LogP) is 0.499. The highest BCUT2D eigenvalue weighted by Gasteiger charge is 2.20. The van der Waals surface area contributed by atoms with E-state index in [4.69, 9.17) is 0 Å². The van der Waals surface area contributed by atoms with Crippen molar-refractivity contribution in [1.82, 2.24) is 9.62 Å². The molecule has 98 valence electrons. The lowest BCUT2D eigenvalue weighted by atomic mass is 10.00. The van der Waals surface area contributed by atoms with E-state index in [1.807, 2.05) is 6.07 Å². The zero-order valence-corrected chi connectivity index (χ0v) is 11.3. The Morgan fingerprint density at radius 1 is 1.33 bits per heavy atom. The van der Waals surface area contributed by atoms with Crippen LogP contribution in [0.1, 0.15) is 18.1 Å². The van der Waals surface area contributed by atoms with Crippen LogP contribution in [0, 0.1) is 0 Å². The molecule has 0 saturated carbocycles. The molecule has 0 bridgehead atoms. The number of fused-ring (bicyclic) bond motifs is 1. The summed E-state index contributed by atoms with van der Waals surface area (Å²) < 4.78 is 25.7. The zero-order chi connectivity index (χ0) is 13.3. The van der Waals surface area contributed by atoms with Crippen LogP contribution in [-0.2, 0) is 27.8 Å². The third kappa shape index (κ3) is 2.39. The molecule has 0 saturated heterocycles. The van der Waals surface area contributed by atoms with Crippen molar-refractivity contribution in [2.24, 2.45) is 0 Å². The van der Waals surface area contributed by atoms with Gasteiger partial charge in [-0.2, -0.15) is 0 Å². The first-order valence-electron chi connectivity index (χ1n) is 5.75. The molecular formula is C12H16N2O3S. The van der Waals surface area contributed by atoms with Gasteiger partial charge in [0, 0.05) is 20.0 Å². The van der Waals surface area contributed by atoms with Crippen molar-refractivity contribution in [2.75, 3.05) is 13.6 Å². The number of nitrogens with one attached hydrogen (secondary N) is 1. The van der Waals surface area contributed by atoms with E-state index in [1.165, 1.54) is 14.0 Å². The van der Waals surface area contributed by atoms with E-state index in [0.29, 0.717) is 13.1 Å². The summed E-state index contributed by atoms with van der Waals surface area (Å²) in [4.78, 5) is 13.3. The lowest BCUT2D eigenvalue weighted by molar-refractivity contribution is -0.129. The Morgan fingerprint density at radius 2 is 2.06 bits per heavy atom. The number of carbonyl (C=O) groups excluding carboxylic acids is 1. The van der Waals surface area contributed by atoms with Gasteiger partial charge in [0.15, 0.2) is 0 Å². The Hall–Kier alpha value is -1.40. The molecule has 0 fully saturated rings. The number of nitrogens with zero attached hydrogens (tertiary/aromatic N) is 1. The van der Waals surface area contributed by atoms with E-state index in [0.717, 1.165) is 17.5 Å². The van der Waals surface area contributed by atoms with E-state index in [-0.39, 0.29) is 10.8 Å². The molecule has 0 aromatic heterocycles. The van der Waals surface area contributed by atoms with E-state index in [9.17, 15) is 13.2 Å². The first-order valence-corrected chi connectivity index (χ1v) is 7.23. The summed E-state index contributed by atoms with van der Waals surface area (Å²) in [5.41, 5.74) is 2.02. The third-order valence-electron chi connectivity index (χ3n) is 3.21. The number of hydrogen-bond acceptors (Lipinski definition) is 3. The smallest absolute Gasteiger partial charge is 0.240 e. The second-order valence-electron chi connectivity index (χ2n) is 4.33. The van der Waals surface area contributed by atoms with Crippen molar-refractivity contribution in [3.8, 4) is 0 Å². The Balaban J connectivity index is 2.38. The van der Waals surface area contributed by atoms with Gasteiger partial charge in [0.25, 0.3) is 0 Å². The van der Waals surface area contributed by atoms with Crippen molar-refractivity contribution in [3.63, 3.8) is 0 Å². The molecule has 5 nitrogen and oxygen atoms in total. The summed E-state index contributed by atoms with van der Waals surface area (Å²) in [7, 11) is -2.04. The lowest BCUT2D eigenvalue weighted by Gasteiger charge is -2.28. The molecule has 6 heteroatoms. The monoisotopic (exact) mass is 268 g/mol. The van der Waals surface area contributed by atoms with Gasteiger partial charge in [-0.25, -0.2) is 13.1 Å². The number of rotatable bonds is 2. The Morgan fingerprint density at radius 3 is 2.67 bits per heavy atom. The molecular weight excluding hydrogens is 252 g/mol. The molecule has 18 heavy (non-hydrogen) atoms. The van der Waals surface area contributed by atoms with E-state index in [2.05, 4.69) is 4.72 Å². The maximum absolute atomic E-state index is 11.7. The van der Waals surface area contributed by atoms with Crippen LogP contribution in [0.5, 0.6) is 0 Å². The van der Waals surface area contributed by atoms with Crippen molar-refractivity contribution in [2.45, 2.75) is 24.8 Å². The third-order valence-corrected chi connectivity index (χ3v) is 4.63.